The van der Waals surface area contributed by atoms with E-state index in [0.29, 0.717) is 5.46 Å². The number of fused-ring (bicyclic) bond motifs is 1. The van der Waals surface area contributed by atoms with Crippen molar-refractivity contribution in [3.05, 3.63) is 77.9 Å². The van der Waals surface area contributed by atoms with Crippen LogP contribution in [-0.4, -0.2) is 24.0 Å². The minimum Gasteiger partial charge on any atom is -0.505 e. The normalized spacial score (nSPS) is 12.9. The summed E-state index contributed by atoms with van der Waals surface area (Å²) in [6.07, 6.45) is 1.02. The van der Waals surface area contributed by atoms with E-state index in [1.807, 2.05) is 13.3 Å². The molecule has 0 unspecified atom stereocenters. The number of nitrogens with zero attached hydrogens (tertiary/aromatic N) is 1. The molecule has 0 atom stereocenters. The Morgan fingerprint density at radius 2 is 1.76 bits per heavy atom. The Balaban J connectivity index is 1.54. The number of para-hydroxylation sites is 1. The van der Waals surface area contributed by atoms with Crippen molar-refractivity contribution >= 4 is 23.9 Å². The SMILES string of the molecule is Oc1cccc([B]c2ccc3c(c2)CCN3Cc2ccccc2)c1O. The highest BCUT2D eigenvalue weighted by atomic mass is 16.3. The van der Waals surface area contributed by atoms with Crippen LogP contribution in [0.25, 0.3) is 0 Å². The minimum atomic E-state index is -0.0936. The van der Waals surface area contributed by atoms with Gasteiger partial charge in [-0.15, -0.1) is 0 Å². The van der Waals surface area contributed by atoms with Gasteiger partial charge in [-0.2, -0.15) is 0 Å². The van der Waals surface area contributed by atoms with E-state index >= 15 is 0 Å². The van der Waals surface area contributed by atoms with Crippen LogP contribution in [0.3, 0.4) is 0 Å². The van der Waals surface area contributed by atoms with Crippen LogP contribution < -0.4 is 15.8 Å². The molecule has 4 heteroatoms. The van der Waals surface area contributed by atoms with Gasteiger partial charge in [0.1, 0.15) is 0 Å². The van der Waals surface area contributed by atoms with Crippen LogP contribution in [0.5, 0.6) is 11.5 Å². The van der Waals surface area contributed by atoms with E-state index in [-0.39, 0.29) is 11.5 Å². The van der Waals surface area contributed by atoms with E-state index < -0.39 is 0 Å². The lowest BCUT2D eigenvalue weighted by molar-refractivity contribution is 0.406. The Kier molecular flexibility index (Phi) is 4.10. The fraction of sp³-hybridized carbons (Fsp3) is 0.143. The van der Waals surface area contributed by atoms with Gasteiger partial charge in [-0.25, -0.2) is 0 Å². The second kappa shape index (κ2) is 6.56. The molecule has 0 fully saturated rings. The predicted octanol–water partition coefficient (Wildman–Crippen LogP) is 2.32. The average molecular weight is 328 g/mol. The topological polar surface area (TPSA) is 43.7 Å². The van der Waals surface area contributed by atoms with Gasteiger partial charge in [-0.3, -0.25) is 0 Å². The maximum absolute atomic E-state index is 9.97. The molecule has 1 aliphatic heterocycles. The van der Waals surface area contributed by atoms with Crippen molar-refractivity contribution in [2.75, 3.05) is 11.4 Å². The van der Waals surface area contributed by atoms with Crippen molar-refractivity contribution in [3.8, 4) is 11.5 Å². The van der Waals surface area contributed by atoms with Crippen LogP contribution in [0, 0.1) is 0 Å². The number of benzene rings is 3. The van der Waals surface area contributed by atoms with E-state index in [0.717, 1.165) is 25.0 Å². The van der Waals surface area contributed by atoms with Crippen molar-refractivity contribution in [1.82, 2.24) is 0 Å². The summed E-state index contributed by atoms with van der Waals surface area (Å²) in [5, 5.41) is 19.6. The minimum absolute atomic E-state index is 0.0753. The van der Waals surface area contributed by atoms with E-state index in [9.17, 15) is 10.2 Å². The Morgan fingerprint density at radius 3 is 2.60 bits per heavy atom. The molecule has 2 N–H and O–H groups in total. The molecule has 1 aliphatic rings. The summed E-state index contributed by atoms with van der Waals surface area (Å²) in [5.74, 6) is -0.169. The summed E-state index contributed by atoms with van der Waals surface area (Å²) < 4.78 is 0. The Morgan fingerprint density at radius 1 is 0.920 bits per heavy atom. The Bertz CT molecular complexity index is 896. The summed E-state index contributed by atoms with van der Waals surface area (Å²) >= 11 is 0. The molecule has 0 spiro atoms. The quantitative estimate of drug-likeness (QED) is 0.571. The third kappa shape index (κ3) is 3.20. The van der Waals surface area contributed by atoms with Gasteiger partial charge in [-0.1, -0.05) is 60.1 Å². The smallest absolute Gasteiger partial charge is 0.196 e. The molecule has 0 aliphatic carbocycles. The molecule has 0 amide bonds. The van der Waals surface area contributed by atoms with Crippen LogP contribution in [0.2, 0.25) is 0 Å². The zero-order valence-corrected chi connectivity index (χ0v) is 13.9. The average Bonchev–Trinajstić information content (AvgIpc) is 3.02. The molecule has 123 valence electrons. The standard InChI is InChI=1S/C21H19BNO2/c24-20-8-4-7-18(21(20)25)22-17-9-10-19-16(13-17)11-12-23(19)14-15-5-2-1-3-6-15/h1-10,13,24-25H,11-12,14H2. The lowest BCUT2D eigenvalue weighted by Crippen LogP contribution is -2.27. The summed E-state index contributed by atoms with van der Waals surface area (Å²) in [5.41, 5.74) is 5.57. The van der Waals surface area contributed by atoms with Crippen LogP contribution in [0.15, 0.2) is 66.7 Å². The van der Waals surface area contributed by atoms with E-state index in [4.69, 9.17) is 0 Å². The molecule has 0 saturated carbocycles. The zero-order chi connectivity index (χ0) is 17.2. The van der Waals surface area contributed by atoms with Gasteiger partial charge in [0.15, 0.2) is 18.8 Å². The number of rotatable bonds is 4. The van der Waals surface area contributed by atoms with Crippen molar-refractivity contribution in [2.45, 2.75) is 13.0 Å². The summed E-state index contributed by atoms with van der Waals surface area (Å²) in [4.78, 5) is 2.40. The van der Waals surface area contributed by atoms with Gasteiger partial charge >= 0.3 is 0 Å². The highest BCUT2D eigenvalue weighted by Gasteiger charge is 2.20. The maximum Gasteiger partial charge on any atom is 0.196 e. The van der Waals surface area contributed by atoms with Gasteiger partial charge in [0.2, 0.25) is 0 Å². The number of anilines is 1. The third-order valence-corrected chi connectivity index (χ3v) is 4.68. The molecule has 3 nitrogen and oxygen atoms in total. The summed E-state index contributed by atoms with van der Waals surface area (Å²) in [7, 11) is 1.90. The number of phenols is 2. The van der Waals surface area contributed by atoms with E-state index in [2.05, 4.69) is 47.4 Å². The molecule has 1 radical (unpaired) electrons. The first kappa shape index (κ1) is 15.6. The Hall–Kier alpha value is -2.88. The van der Waals surface area contributed by atoms with Crippen molar-refractivity contribution in [3.63, 3.8) is 0 Å². The number of hydrogen-bond donors (Lipinski definition) is 2. The molecule has 4 rings (SSSR count). The van der Waals surface area contributed by atoms with Crippen LogP contribution in [0.4, 0.5) is 5.69 Å². The van der Waals surface area contributed by atoms with Gasteiger partial charge in [0.25, 0.3) is 0 Å². The maximum atomic E-state index is 9.97. The van der Waals surface area contributed by atoms with Crippen molar-refractivity contribution in [1.29, 1.82) is 0 Å². The van der Waals surface area contributed by atoms with Crippen LogP contribution >= 0.6 is 0 Å². The zero-order valence-electron chi connectivity index (χ0n) is 13.9. The molecular formula is C21H19BNO2. The largest absolute Gasteiger partial charge is 0.505 e. The van der Waals surface area contributed by atoms with E-state index in [1.165, 1.54) is 22.9 Å². The van der Waals surface area contributed by atoms with Crippen LogP contribution in [-0.2, 0) is 13.0 Å². The molecular weight excluding hydrogens is 309 g/mol. The molecule has 0 saturated heterocycles. The highest BCUT2D eigenvalue weighted by molar-refractivity contribution is 6.68. The van der Waals surface area contributed by atoms with Gasteiger partial charge in [-0.05, 0) is 35.1 Å². The summed E-state index contributed by atoms with van der Waals surface area (Å²) in [6.45, 7) is 1.94. The summed E-state index contributed by atoms with van der Waals surface area (Å²) in [6, 6.07) is 21.9. The molecule has 3 aromatic rings. The predicted molar refractivity (Wildman–Crippen MR) is 102 cm³/mol. The molecule has 25 heavy (non-hydrogen) atoms. The first-order chi connectivity index (χ1) is 12.2. The number of aromatic hydroxyl groups is 2. The molecule has 0 aromatic heterocycles. The third-order valence-electron chi connectivity index (χ3n) is 4.68. The monoisotopic (exact) mass is 328 g/mol. The number of hydrogen-bond acceptors (Lipinski definition) is 3. The van der Waals surface area contributed by atoms with Crippen LogP contribution in [0.1, 0.15) is 11.1 Å². The van der Waals surface area contributed by atoms with Gasteiger partial charge in [0, 0.05) is 18.8 Å². The molecule has 1 heterocycles. The lowest BCUT2D eigenvalue weighted by Gasteiger charge is -2.19. The lowest BCUT2D eigenvalue weighted by atomic mass is 9.63. The second-order valence-electron chi connectivity index (χ2n) is 6.40. The second-order valence-corrected chi connectivity index (χ2v) is 6.40. The van der Waals surface area contributed by atoms with Crippen molar-refractivity contribution in [2.24, 2.45) is 0 Å². The van der Waals surface area contributed by atoms with E-state index in [1.54, 1.807) is 12.1 Å². The number of phenolic OH excluding ortho intramolecular Hbond substituents is 2. The first-order valence-corrected chi connectivity index (χ1v) is 8.48. The first-order valence-electron chi connectivity index (χ1n) is 8.48. The fourth-order valence-corrected chi connectivity index (χ4v) is 3.39. The highest BCUT2D eigenvalue weighted by Crippen LogP contribution is 2.28. The van der Waals surface area contributed by atoms with Gasteiger partial charge < -0.3 is 15.1 Å². The van der Waals surface area contributed by atoms with Crippen molar-refractivity contribution < 1.29 is 10.2 Å². The fourth-order valence-electron chi connectivity index (χ4n) is 3.39. The van der Waals surface area contributed by atoms with Gasteiger partial charge in [0.05, 0.1) is 0 Å². The molecule has 3 aromatic carbocycles. The Labute approximate surface area is 148 Å². The molecule has 0 bridgehead atoms.